The third kappa shape index (κ3) is 6.17. The first-order valence-electron chi connectivity index (χ1n) is 16.9. The average Bonchev–Trinajstić information content (AvgIpc) is 3.66. The Balaban J connectivity index is 1.05. The van der Waals surface area contributed by atoms with Crippen LogP contribution < -0.4 is 16.0 Å². The predicted molar refractivity (Wildman–Crippen MR) is 180 cm³/mol. The van der Waals surface area contributed by atoms with Gasteiger partial charge in [-0.15, -0.1) is 0 Å². The number of nitrogen functional groups attached to an aromatic ring is 1. The fraction of sp³-hybridized carbons (Fsp3) is 0.676. The zero-order valence-corrected chi connectivity index (χ0v) is 28.1. The SMILES string of the molecule is CCCN1c2cc(C(C)(C)COC)ccc2NC1CC[C@H]1C[C@H](N(C[C@H]2O[C@@H](n3cnc4c(N)ncnc43)[C@H](O)[C@@H]2O)C(C)C)C1. The third-order valence-corrected chi connectivity index (χ3v) is 10.3. The van der Waals surface area contributed by atoms with E-state index < -0.39 is 24.5 Å². The summed E-state index contributed by atoms with van der Waals surface area (Å²) in [5, 5.41) is 25.8. The number of hydrogen-bond donors (Lipinski definition) is 4. The number of rotatable bonds is 13. The van der Waals surface area contributed by atoms with Gasteiger partial charge in [-0.3, -0.25) is 9.47 Å². The number of fused-ring (bicyclic) bond motifs is 2. The number of aromatic nitrogens is 4. The molecule has 1 aliphatic carbocycles. The number of hydrogen-bond acceptors (Lipinski definition) is 11. The summed E-state index contributed by atoms with van der Waals surface area (Å²) in [6.07, 6.45) is 5.32. The van der Waals surface area contributed by atoms with E-state index in [0.717, 1.165) is 32.2 Å². The van der Waals surface area contributed by atoms with Crippen molar-refractivity contribution >= 4 is 28.4 Å². The molecule has 2 fully saturated rings. The molecule has 1 unspecified atom stereocenters. The van der Waals surface area contributed by atoms with Crippen LogP contribution in [0, 0.1) is 5.92 Å². The molecule has 252 valence electrons. The molecule has 2 aromatic heterocycles. The van der Waals surface area contributed by atoms with Gasteiger partial charge in [0, 0.05) is 37.7 Å². The summed E-state index contributed by atoms with van der Waals surface area (Å²) >= 11 is 0. The number of anilines is 3. The van der Waals surface area contributed by atoms with Crippen LogP contribution >= 0.6 is 0 Å². The van der Waals surface area contributed by atoms with Crippen LogP contribution in [0.25, 0.3) is 11.2 Å². The minimum absolute atomic E-state index is 0.0428. The van der Waals surface area contributed by atoms with Gasteiger partial charge in [0.25, 0.3) is 0 Å². The Kier molecular flexibility index (Phi) is 9.46. The van der Waals surface area contributed by atoms with E-state index in [1.165, 1.54) is 36.0 Å². The topological polar surface area (TPSA) is 147 Å². The van der Waals surface area contributed by atoms with Crippen LogP contribution in [0.2, 0.25) is 0 Å². The highest BCUT2D eigenvalue weighted by atomic mass is 16.6. The van der Waals surface area contributed by atoms with E-state index >= 15 is 0 Å². The molecule has 1 saturated carbocycles. The maximum Gasteiger partial charge on any atom is 0.167 e. The monoisotopic (exact) mass is 636 g/mol. The molecule has 0 bridgehead atoms. The standard InChI is InChI=1S/C34H52N8O4/c1-7-12-40-25-15-22(34(4,5)17-45-6)9-10-24(25)39-27(40)11-8-21-13-23(14-21)41(20(2)3)16-26-29(43)30(44)33(46-26)42-19-38-28-31(35)36-18-37-32(28)42/h9-10,15,18-21,23,26-27,29-30,33,39,43-44H,7-8,11-14,16-17H2,1-6H3,(H2,35,36,37)/t21-,23-,26-,27?,29-,30-,33-/m1/s1. The summed E-state index contributed by atoms with van der Waals surface area (Å²) in [6.45, 7) is 13.4. The summed E-state index contributed by atoms with van der Waals surface area (Å²) in [5.41, 5.74) is 10.7. The van der Waals surface area contributed by atoms with Crippen molar-refractivity contribution in [3.8, 4) is 0 Å². The van der Waals surface area contributed by atoms with Crippen molar-refractivity contribution in [3.05, 3.63) is 36.4 Å². The molecule has 0 spiro atoms. The predicted octanol–water partition coefficient (Wildman–Crippen LogP) is 3.89. The van der Waals surface area contributed by atoms with E-state index in [2.05, 4.69) is 82.9 Å². The lowest BCUT2D eigenvalue weighted by Crippen LogP contribution is -2.52. The molecule has 12 nitrogen and oxygen atoms in total. The zero-order valence-electron chi connectivity index (χ0n) is 28.1. The molecular formula is C34H52N8O4. The van der Waals surface area contributed by atoms with E-state index in [1.807, 2.05) is 0 Å². The highest BCUT2D eigenvalue weighted by Gasteiger charge is 2.47. The minimum atomic E-state index is -1.11. The van der Waals surface area contributed by atoms with E-state index in [4.69, 9.17) is 15.2 Å². The van der Waals surface area contributed by atoms with Gasteiger partial charge < -0.3 is 35.6 Å². The number of nitrogens with two attached hydrogens (primary N) is 1. The second-order valence-corrected chi connectivity index (χ2v) is 14.4. The smallest absolute Gasteiger partial charge is 0.167 e. The summed E-state index contributed by atoms with van der Waals surface area (Å²) in [6, 6.07) is 7.54. The molecule has 0 radical (unpaired) electrons. The van der Waals surface area contributed by atoms with Gasteiger partial charge in [-0.05, 0) is 69.6 Å². The van der Waals surface area contributed by atoms with Gasteiger partial charge in [0.1, 0.15) is 30.2 Å². The van der Waals surface area contributed by atoms with Crippen LogP contribution in [0.3, 0.4) is 0 Å². The normalized spacial score (nSPS) is 27.9. The van der Waals surface area contributed by atoms with Gasteiger partial charge >= 0.3 is 0 Å². The molecule has 12 heteroatoms. The number of aliphatic hydroxyl groups excluding tert-OH is 2. The number of nitrogens with zero attached hydrogens (tertiary/aromatic N) is 6. The van der Waals surface area contributed by atoms with E-state index in [-0.39, 0.29) is 17.3 Å². The van der Waals surface area contributed by atoms with Gasteiger partial charge in [-0.2, -0.15) is 0 Å². The Hall–Kier alpha value is -3.03. The maximum atomic E-state index is 11.0. The lowest BCUT2D eigenvalue weighted by Gasteiger charge is -2.46. The summed E-state index contributed by atoms with van der Waals surface area (Å²) in [4.78, 5) is 17.6. The van der Waals surface area contributed by atoms with E-state index in [9.17, 15) is 10.2 Å². The van der Waals surface area contributed by atoms with Gasteiger partial charge in [0.15, 0.2) is 17.7 Å². The first kappa shape index (κ1) is 32.9. The minimum Gasteiger partial charge on any atom is -0.387 e. The Morgan fingerprint density at radius 1 is 1.15 bits per heavy atom. The van der Waals surface area contributed by atoms with Crippen molar-refractivity contribution < 1.29 is 19.7 Å². The molecule has 6 rings (SSSR count). The highest BCUT2D eigenvalue weighted by Crippen LogP contribution is 2.42. The molecule has 2 aliphatic heterocycles. The Morgan fingerprint density at radius 2 is 1.93 bits per heavy atom. The number of aliphatic hydroxyl groups is 2. The van der Waals surface area contributed by atoms with Crippen molar-refractivity contribution in [3.63, 3.8) is 0 Å². The van der Waals surface area contributed by atoms with Crippen LogP contribution in [0.4, 0.5) is 17.2 Å². The van der Waals surface area contributed by atoms with E-state index in [1.54, 1.807) is 11.7 Å². The Bertz CT molecular complexity index is 1490. The number of benzene rings is 1. The number of ether oxygens (including phenoxy) is 2. The number of imidazole rings is 1. The molecular weight excluding hydrogens is 584 g/mol. The molecule has 1 saturated heterocycles. The fourth-order valence-corrected chi connectivity index (χ4v) is 7.68. The quantitative estimate of drug-likeness (QED) is 0.217. The van der Waals surface area contributed by atoms with Gasteiger partial charge in [0.2, 0.25) is 0 Å². The highest BCUT2D eigenvalue weighted by molar-refractivity contribution is 5.81. The maximum absolute atomic E-state index is 11.0. The van der Waals surface area contributed by atoms with Crippen molar-refractivity contribution in [1.29, 1.82) is 0 Å². The Labute approximate surface area is 272 Å². The second-order valence-electron chi connectivity index (χ2n) is 14.4. The van der Waals surface area contributed by atoms with Crippen molar-refractivity contribution in [2.45, 2.75) is 115 Å². The fourth-order valence-electron chi connectivity index (χ4n) is 7.68. The van der Waals surface area contributed by atoms with Gasteiger partial charge in [0.05, 0.1) is 30.5 Å². The Morgan fingerprint density at radius 3 is 2.65 bits per heavy atom. The van der Waals surface area contributed by atoms with Crippen molar-refractivity contribution in [1.82, 2.24) is 24.4 Å². The molecule has 5 N–H and O–H groups in total. The van der Waals surface area contributed by atoms with E-state index in [0.29, 0.717) is 42.4 Å². The average molecular weight is 637 g/mol. The number of nitrogens with one attached hydrogen (secondary N) is 1. The van der Waals surface area contributed by atoms with Crippen molar-refractivity contribution in [2.24, 2.45) is 5.92 Å². The summed E-state index contributed by atoms with van der Waals surface area (Å²) in [7, 11) is 1.77. The third-order valence-electron chi connectivity index (χ3n) is 10.3. The molecule has 1 aromatic carbocycles. The van der Waals surface area contributed by atoms with Gasteiger partial charge in [-0.25, -0.2) is 15.0 Å². The molecule has 46 heavy (non-hydrogen) atoms. The van der Waals surface area contributed by atoms with Crippen LogP contribution in [0.1, 0.15) is 78.5 Å². The van der Waals surface area contributed by atoms with Crippen LogP contribution in [-0.2, 0) is 14.9 Å². The van der Waals surface area contributed by atoms with Gasteiger partial charge in [-0.1, -0.05) is 26.8 Å². The second kappa shape index (κ2) is 13.2. The molecule has 3 aromatic rings. The van der Waals surface area contributed by atoms with Crippen LogP contribution in [0.15, 0.2) is 30.9 Å². The lowest BCUT2D eigenvalue weighted by molar-refractivity contribution is -0.0621. The summed E-state index contributed by atoms with van der Waals surface area (Å²) in [5.74, 6) is 0.924. The molecule has 5 atom stereocenters. The first-order chi connectivity index (χ1) is 22.0. The first-order valence-corrected chi connectivity index (χ1v) is 16.9. The van der Waals surface area contributed by atoms with Crippen LogP contribution in [0.5, 0.6) is 0 Å². The van der Waals surface area contributed by atoms with Crippen molar-refractivity contribution in [2.75, 3.05) is 42.8 Å². The lowest BCUT2D eigenvalue weighted by atomic mass is 9.76. The molecule has 3 aliphatic rings. The molecule has 4 heterocycles. The number of methoxy groups -OCH3 is 1. The largest absolute Gasteiger partial charge is 0.387 e. The zero-order chi connectivity index (χ0) is 32.7. The molecule has 0 amide bonds. The van der Waals surface area contributed by atoms with Crippen LogP contribution in [-0.4, -0.2) is 98.0 Å². The summed E-state index contributed by atoms with van der Waals surface area (Å²) < 4.78 is 13.4.